The number of aryl methyl sites for hydroxylation is 1. The first-order valence-corrected chi connectivity index (χ1v) is 5.75. The minimum Gasteiger partial charge on any atom is -0.478 e. The minimum absolute atomic E-state index is 0.377. The van der Waals surface area contributed by atoms with Gasteiger partial charge in [0.2, 0.25) is 0 Å². The quantitative estimate of drug-likeness (QED) is 0.772. The van der Waals surface area contributed by atoms with Gasteiger partial charge in [-0.25, -0.2) is 13.6 Å². The van der Waals surface area contributed by atoms with Crippen molar-refractivity contribution in [1.29, 1.82) is 0 Å². The number of alkyl halides is 2. The number of rotatable bonds is 1. The summed E-state index contributed by atoms with van der Waals surface area (Å²) in [5, 5.41) is 8.57. The van der Waals surface area contributed by atoms with E-state index < -0.39 is 11.6 Å². The molecule has 0 amide bonds. The third-order valence-electron chi connectivity index (χ3n) is 1.38. The van der Waals surface area contributed by atoms with Crippen molar-refractivity contribution < 1.29 is 18.7 Å². The van der Waals surface area contributed by atoms with Crippen LogP contribution in [-0.4, -0.2) is 16.7 Å². The molecule has 0 aromatic heterocycles. The van der Waals surface area contributed by atoms with E-state index >= 15 is 0 Å². The Kier molecular flexibility index (Phi) is 9.77. The lowest BCUT2D eigenvalue weighted by molar-refractivity contribution is 0.0696. The summed E-state index contributed by atoms with van der Waals surface area (Å²) in [4.78, 5) is 10.4. The molecule has 0 aliphatic rings. The Bertz CT molecular complexity index is 330. The van der Waals surface area contributed by atoms with Crippen LogP contribution in [0, 0.1) is 6.92 Å². The lowest BCUT2D eigenvalue weighted by atomic mass is 10.1. The van der Waals surface area contributed by atoms with Crippen LogP contribution in [-0.2, 0) is 0 Å². The summed E-state index contributed by atoms with van der Waals surface area (Å²) < 4.78 is 22.0. The highest BCUT2D eigenvalue weighted by Crippen LogP contribution is 2.18. The van der Waals surface area contributed by atoms with E-state index in [1.54, 1.807) is 25.1 Å². The molecule has 1 N–H and O–H groups in total. The lowest BCUT2D eigenvalue weighted by Gasteiger charge is -1.96. The first kappa shape index (κ1) is 18.3. The second kappa shape index (κ2) is 9.06. The van der Waals surface area contributed by atoms with E-state index in [1.165, 1.54) is 9.24 Å². The van der Waals surface area contributed by atoms with Crippen LogP contribution in [0.1, 0.15) is 36.7 Å². The summed E-state index contributed by atoms with van der Waals surface area (Å²) in [7, 11) is 1.38. The molecule has 1 atom stereocenters. The second-order valence-corrected chi connectivity index (χ2v) is 4.09. The molecule has 0 bridgehead atoms. The highest BCUT2D eigenvalue weighted by molar-refractivity contribution is 7.18. The van der Waals surface area contributed by atoms with E-state index in [-0.39, 0.29) is 0 Å². The molecule has 17 heavy (non-hydrogen) atoms. The van der Waals surface area contributed by atoms with E-state index in [0.29, 0.717) is 5.56 Å². The SMILES string of the molecule is CC.CC(F)(F)P.Cc1ccccc1C(=O)O. The van der Waals surface area contributed by atoms with Gasteiger partial charge in [-0.05, 0) is 18.6 Å². The Hall–Kier alpha value is -1.02. The standard InChI is InChI=1S/C8H8O2.C2H5F2P.C2H6/c1-6-4-2-3-5-7(6)8(9)10;1-2(3,4)5;1-2/h2-5H,1H3,(H,9,10);5H2,1H3;1-2H3. The molecule has 1 aromatic carbocycles. The molecule has 5 heteroatoms. The summed E-state index contributed by atoms with van der Waals surface area (Å²) in [5.74, 6) is -0.863. The van der Waals surface area contributed by atoms with Crippen molar-refractivity contribution >= 4 is 15.2 Å². The van der Waals surface area contributed by atoms with Gasteiger partial charge in [-0.1, -0.05) is 41.3 Å². The maximum Gasteiger partial charge on any atom is 0.335 e. The first-order valence-electron chi connectivity index (χ1n) is 5.17. The fourth-order valence-electron chi connectivity index (χ4n) is 0.813. The van der Waals surface area contributed by atoms with Crippen molar-refractivity contribution in [2.24, 2.45) is 0 Å². The van der Waals surface area contributed by atoms with Gasteiger partial charge in [0.1, 0.15) is 0 Å². The molecule has 0 saturated heterocycles. The molecule has 0 fully saturated rings. The first-order chi connectivity index (χ1) is 7.72. The van der Waals surface area contributed by atoms with Gasteiger partial charge >= 0.3 is 5.97 Å². The van der Waals surface area contributed by atoms with Crippen LogP contribution in [0.4, 0.5) is 8.78 Å². The smallest absolute Gasteiger partial charge is 0.335 e. The summed E-state index contributed by atoms with van der Waals surface area (Å²) in [6.45, 7) is 6.60. The molecule has 98 valence electrons. The van der Waals surface area contributed by atoms with Crippen molar-refractivity contribution in [2.45, 2.75) is 33.4 Å². The molecule has 0 aliphatic heterocycles. The number of benzene rings is 1. The fraction of sp³-hybridized carbons (Fsp3) is 0.417. The van der Waals surface area contributed by atoms with Gasteiger partial charge in [0, 0.05) is 6.92 Å². The van der Waals surface area contributed by atoms with Gasteiger partial charge in [-0.2, -0.15) is 0 Å². The van der Waals surface area contributed by atoms with E-state index in [1.807, 2.05) is 19.9 Å². The number of aromatic carboxylic acids is 1. The van der Waals surface area contributed by atoms with Crippen LogP contribution in [0.15, 0.2) is 24.3 Å². The van der Waals surface area contributed by atoms with Crippen LogP contribution in [0.5, 0.6) is 0 Å². The number of halogens is 2. The minimum atomic E-state index is -2.58. The predicted molar refractivity (Wildman–Crippen MR) is 69.8 cm³/mol. The molecule has 0 radical (unpaired) electrons. The maximum atomic E-state index is 11.0. The molecular weight excluding hydrogens is 245 g/mol. The number of carboxylic acids is 1. The highest BCUT2D eigenvalue weighted by Gasteiger charge is 2.08. The third kappa shape index (κ3) is 12.9. The van der Waals surface area contributed by atoms with E-state index in [9.17, 15) is 13.6 Å². The summed E-state index contributed by atoms with van der Waals surface area (Å²) in [6, 6.07) is 6.92. The Balaban J connectivity index is 0. The van der Waals surface area contributed by atoms with Gasteiger partial charge in [-0.3, -0.25) is 0 Å². The van der Waals surface area contributed by atoms with E-state index in [0.717, 1.165) is 12.5 Å². The van der Waals surface area contributed by atoms with Gasteiger partial charge in [0.15, 0.2) is 0 Å². The predicted octanol–water partition coefficient (Wildman–Crippen LogP) is 4.19. The van der Waals surface area contributed by atoms with Crippen LogP contribution < -0.4 is 0 Å². The normalized spacial score (nSPS) is 9.35. The Morgan fingerprint density at radius 2 is 1.65 bits per heavy atom. The van der Waals surface area contributed by atoms with Gasteiger partial charge in [0.05, 0.1) is 5.56 Å². The molecule has 0 saturated carbocycles. The van der Waals surface area contributed by atoms with Gasteiger partial charge in [-0.15, -0.1) is 0 Å². The van der Waals surface area contributed by atoms with Crippen molar-refractivity contribution in [3.63, 3.8) is 0 Å². The molecule has 0 spiro atoms. The number of carboxylic acid groups (broad SMARTS) is 1. The topological polar surface area (TPSA) is 37.3 Å². The third-order valence-corrected chi connectivity index (χ3v) is 1.38. The summed E-state index contributed by atoms with van der Waals surface area (Å²) in [5.41, 5.74) is -1.41. The number of hydrogen-bond acceptors (Lipinski definition) is 1. The van der Waals surface area contributed by atoms with Crippen LogP contribution in [0.2, 0.25) is 0 Å². The maximum absolute atomic E-state index is 11.0. The number of hydrogen-bond donors (Lipinski definition) is 1. The average molecular weight is 264 g/mol. The average Bonchev–Trinajstić information content (AvgIpc) is 2.18. The molecule has 1 aromatic rings. The van der Waals surface area contributed by atoms with Crippen LogP contribution in [0.25, 0.3) is 0 Å². The van der Waals surface area contributed by atoms with Crippen molar-refractivity contribution in [2.75, 3.05) is 0 Å². The number of carbonyl (C=O) groups is 1. The van der Waals surface area contributed by atoms with Crippen molar-refractivity contribution in [3.8, 4) is 0 Å². The highest BCUT2D eigenvalue weighted by atomic mass is 31.0. The zero-order chi connectivity index (χ0) is 14.1. The second-order valence-electron chi connectivity index (χ2n) is 3.08. The zero-order valence-corrected chi connectivity index (χ0v) is 11.7. The zero-order valence-electron chi connectivity index (χ0n) is 10.5. The lowest BCUT2D eigenvalue weighted by Crippen LogP contribution is -1.97. The molecule has 0 heterocycles. The van der Waals surface area contributed by atoms with Gasteiger partial charge < -0.3 is 5.11 Å². The molecule has 0 aliphatic carbocycles. The summed E-state index contributed by atoms with van der Waals surface area (Å²) in [6.07, 6.45) is 0. The van der Waals surface area contributed by atoms with E-state index in [2.05, 4.69) is 0 Å². The Morgan fingerprint density at radius 3 is 1.88 bits per heavy atom. The fourth-order valence-corrected chi connectivity index (χ4v) is 0.813. The Morgan fingerprint density at radius 1 is 1.29 bits per heavy atom. The largest absolute Gasteiger partial charge is 0.478 e. The molecular formula is C12H19F2O2P. The van der Waals surface area contributed by atoms with Gasteiger partial charge in [0.25, 0.3) is 5.66 Å². The van der Waals surface area contributed by atoms with Crippen LogP contribution in [0.3, 0.4) is 0 Å². The molecule has 2 nitrogen and oxygen atoms in total. The molecule has 1 rings (SSSR count). The van der Waals surface area contributed by atoms with Crippen LogP contribution >= 0.6 is 9.24 Å². The summed E-state index contributed by atoms with van der Waals surface area (Å²) >= 11 is 0. The molecule has 1 unspecified atom stereocenters. The van der Waals surface area contributed by atoms with Crippen molar-refractivity contribution in [1.82, 2.24) is 0 Å². The monoisotopic (exact) mass is 264 g/mol. The van der Waals surface area contributed by atoms with E-state index in [4.69, 9.17) is 5.11 Å². The van der Waals surface area contributed by atoms with Crippen molar-refractivity contribution in [3.05, 3.63) is 35.4 Å². The Labute approximate surface area is 103 Å².